The summed E-state index contributed by atoms with van der Waals surface area (Å²) in [5.41, 5.74) is 0.463. The van der Waals surface area contributed by atoms with Crippen LogP contribution in [0.4, 0.5) is 0 Å². The normalized spacial score (nSPS) is 12.6. The summed E-state index contributed by atoms with van der Waals surface area (Å²) in [6.07, 6.45) is 0.876. The molecule has 0 bridgehead atoms. The van der Waals surface area contributed by atoms with Gasteiger partial charge in [0.05, 0.1) is 6.61 Å². The van der Waals surface area contributed by atoms with Crippen molar-refractivity contribution >= 4 is 5.97 Å². The summed E-state index contributed by atoms with van der Waals surface area (Å²) >= 11 is 0. The molecule has 3 nitrogen and oxygen atoms in total. The molecule has 0 aromatic carbocycles. The summed E-state index contributed by atoms with van der Waals surface area (Å²) in [6, 6.07) is 0.456. The van der Waals surface area contributed by atoms with Crippen molar-refractivity contribution in [2.24, 2.45) is 0 Å². The molecule has 1 atom stereocenters. The number of esters is 1. The van der Waals surface area contributed by atoms with Gasteiger partial charge < -0.3 is 9.64 Å². The molecule has 0 spiro atoms. The van der Waals surface area contributed by atoms with Gasteiger partial charge in [-0.1, -0.05) is 20.4 Å². The lowest BCUT2D eigenvalue weighted by molar-refractivity contribution is -0.139. The molecule has 0 heterocycles. The fourth-order valence-electron chi connectivity index (χ4n) is 1.47. The van der Waals surface area contributed by atoms with Crippen molar-refractivity contribution < 1.29 is 9.53 Å². The molecule has 0 aromatic rings. The van der Waals surface area contributed by atoms with Gasteiger partial charge in [0.1, 0.15) is 0 Å². The monoisotopic (exact) mass is 213 g/mol. The van der Waals surface area contributed by atoms with Crippen LogP contribution in [0.25, 0.3) is 0 Å². The number of nitrogens with zero attached hydrogens (tertiary/aromatic N) is 1. The second kappa shape index (κ2) is 7.46. The Morgan fingerprint density at radius 3 is 2.33 bits per heavy atom. The lowest BCUT2D eigenvalue weighted by atomic mass is 10.2. The minimum atomic E-state index is -0.290. The maximum Gasteiger partial charge on any atom is 0.333 e. The van der Waals surface area contributed by atoms with E-state index in [-0.39, 0.29) is 5.97 Å². The van der Waals surface area contributed by atoms with Gasteiger partial charge in [0.2, 0.25) is 0 Å². The Bertz CT molecular complexity index is 210. The Kier molecular flexibility index (Phi) is 7.05. The van der Waals surface area contributed by atoms with Crippen molar-refractivity contribution in [3.05, 3.63) is 12.2 Å². The Morgan fingerprint density at radius 1 is 1.40 bits per heavy atom. The van der Waals surface area contributed by atoms with Gasteiger partial charge in [-0.2, -0.15) is 0 Å². The molecule has 0 aliphatic heterocycles. The van der Waals surface area contributed by atoms with Gasteiger partial charge in [-0.3, -0.25) is 0 Å². The van der Waals surface area contributed by atoms with Crippen LogP contribution >= 0.6 is 0 Å². The molecule has 0 N–H and O–H groups in total. The number of rotatable bonds is 7. The first-order valence-corrected chi connectivity index (χ1v) is 5.59. The summed E-state index contributed by atoms with van der Waals surface area (Å²) in [5, 5.41) is 0. The van der Waals surface area contributed by atoms with E-state index in [0.29, 0.717) is 18.2 Å². The van der Waals surface area contributed by atoms with E-state index in [1.165, 1.54) is 0 Å². The zero-order valence-corrected chi connectivity index (χ0v) is 10.4. The average molecular weight is 213 g/mol. The Labute approximate surface area is 93.1 Å². The summed E-state index contributed by atoms with van der Waals surface area (Å²) < 4.78 is 5.05. The fourth-order valence-corrected chi connectivity index (χ4v) is 1.47. The van der Waals surface area contributed by atoms with Crippen molar-refractivity contribution in [3.63, 3.8) is 0 Å². The van der Waals surface area contributed by atoms with Crippen molar-refractivity contribution in [2.75, 3.05) is 19.7 Å². The molecule has 1 unspecified atom stereocenters. The third-order valence-electron chi connectivity index (χ3n) is 2.55. The first-order valence-electron chi connectivity index (χ1n) is 5.59. The van der Waals surface area contributed by atoms with Crippen LogP contribution in [-0.4, -0.2) is 36.6 Å². The molecule has 0 saturated heterocycles. The summed E-state index contributed by atoms with van der Waals surface area (Å²) in [4.78, 5) is 13.4. The molecule has 0 aromatic heterocycles. The molecule has 0 fully saturated rings. The van der Waals surface area contributed by atoms with E-state index < -0.39 is 0 Å². The molecular weight excluding hydrogens is 190 g/mol. The van der Waals surface area contributed by atoms with Gasteiger partial charge in [-0.25, -0.2) is 4.79 Å². The lowest BCUT2D eigenvalue weighted by Crippen LogP contribution is -2.33. The number of carbonyl (C=O) groups excluding carboxylic acids is 1. The van der Waals surface area contributed by atoms with Crippen LogP contribution in [0.2, 0.25) is 0 Å². The predicted octanol–water partition coefficient (Wildman–Crippen LogP) is 2.23. The van der Waals surface area contributed by atoms with Gasteiger partial charge in [-0.15, -0.1) is 0 Å². The van der Waals surface area contributed by atoms with Crippen LogP contribution in [0, 0.1) is 0 Å². The van der Waals surface area contributed by atoms with E-state index in [1.54, 1.807) is 6.92 Å². The summed E-state index contributed by atoms with van der Waals surface area (Å²) in [6.45, 7) is 14.2. The molecule has 88 valence electrons. The summed E-state index contributed by atoms with van der Waals surface area (Å²) in [7, 11) is 0. The van der Waals surface area contributed by atoms with Crippen molar-refractivity contribution in [2.45, 2.75) is 40.2 Å². The topological polar surface area (TPSA) is 29.5 Å². The number of hydrogen-bond donors (Lipinski definition) is 0. The molecule has 0 saturated carbocycles. The van der Waals surface area contributed by atoms with Crippen LogP contribution in [0.15, 0.2) is 12.2 Å². The van der Waals surface area contributed by atoms with E-state index in [9.17, 15) is 4.79 Å². The van der Waals surface area contributed by atoms with E-state index in [4.69, 9.17) is 4.74 Å². The zero-order valence-electron chi connectivity index (χ0n) is 10.4. The first kappa shape index (κ1) is 14.2. The summed E-state index contributed by atoms with van der Waals surface area (Å²) in [5.74, 6) is -0.290. The third kappa shape index (κ3) is 5.57. The third-order valence-corrected chi connectivity index (χ3v) is 2.55. The second-order valence-electron chi connectivity index (χ2n) is 3.78. The van der Waals surface area contributed by atoms with Crippen LogP contribution in [0.5, 0.6) is 0 Å². The SMILES string of the molecule is C=C(C)C(=O)OCCC(C)N(CC)CC. The second-order valence-corrected chi connectivity index (χ2v) is 3.78. The van der Waals surface area contributed by atoms with E-state index in [0.717, 1.165) is 19.5 Å². The number of ether oxygens (including phenoxy) is 1. The van der Waals surface area contributed by atoms with Gasteiger partial charge in [0.25, 0.3) is 0 Å². The van der Waals surface area contributed by atoms with E-state index in [1.807, 2.05) is 0 Å². The molecule has 0 rings (SSSR count). The molecule has 0 amide bonds. The molecule has 0 radical (unpaired) electrons. The largest absolute Gasteiger partial charge is 0.462 e. The minimum absolute atomic E-state index is 0.290. The first-order chi connectivity index (χ1) is 7.02. The van der Waals surface area contributed by atoms with Gasteiger partial charge in [-0.05, 0) is 33.4 Å². The highest BCUT2D eigenvalue weighted by molar-refractivity contribution is 5.86. The maximum atomic E-state index is 11.1. The maximum absolute atomic E-state index is 11.1. The van der Waals surface area contributed by atoms with Crippen LogP contribution in [0.1, 0.15) is 34.1 Å². The van der Waals surface area contributed by atoms with Gasteiger partial charge >= 0.3 is 5.97 Å². The number of hydrogen-bond acceptors (Lipinski definition) is 3. The highest BCUT2D eigenvalue weighted by Gasteiger charge is 2.10. The van der Waals surface area contributed by atoms with Crippen LogP contribution < -0.4 is 0 Å². The highest BCUT2D eigenvalue weighted by atomic mass is 16.5. The van der Waals surface area contributed by atoms with E-state index in [2.05, 4.69) is 32.3 Å². The fraction of sp³-hybridized carbons (Fsp3) is 0.750. The molecular formula is C12H23NO2. The van der Waals surface area contributed by atoms with Crippen molar-refractivity contribution in [1.29, 1.82) is 0 Å². The lowest BCUT2D eigenvalue weighted by Gasteiger charge is -2.25. The van der Waals surface area contributed by atoms with Crippen molar-refractivity contribution in [3.8, 4) is 0 Å². The van der Waals surface area contributed by atoms with Gasteiger partial charge in [0, 0.05) is 11.6 Å². The zero-order chi connectivity index (χ0) is 11.8. The standard InChI is InChI=1S/C12H23NO2/c1-6-13(7-2)11(5)8-9-15-12(14)10(3)4/h11H,3,6-9H2,1-2,4-5H3. The minimum Gasteiger partial charge on any atom is -0.462 e. The van der Waals surface area contributed by atoms with Crippen LogP contribution in [0.3, 0.4) is 0 Å². The van der Waals surface area contributed by atoms with E-state index >= 15 is 0 Å². The average Bonchev–Trinajstić information content (AvgIpc) is 2.19. The number of carbonyl (C=O) groups is 1. The molecule has 0 aliphatic rings. The van der Waals surface area contributed by atoms with Crippen molar-refractivity contribution in [1.82, 2.24) is 4.90 Å². The molecule has 0 aliphatic carbocycles. The Hall–Kier alpha value is -0.830. The van der Waals surface area contributed by atoms with Gasteiger partial charge in [0.15, 0.2) is 0 Å². The Balaban J connectivity index is 3.76. The smallest absolute Gasteiger partial charge is 0.333 e. The highest BCUT2D eigenvalue weighted by Crippen LogP contribution is 2.04. The Morgan fingerprint density at radius 2 is 1.93 bits per heavy atom. The molecule has 15 heavy (non-hydrogen) atoms. The quantitative estimate of drug-likeness (QED) is 0.480. The molecule has 3 heteroatoms. The van der Waals surface area contributed by atoms with Crippen LogP contribution in [-0.2, 0) is 9.53 Å². The predicted molar refractivity (Wildman–Crippen MR) is 62.8 cm³/mol.